The third kappa shape index (κ3) is 6.19. The summed E-state index contributed by atoms with van der Waals surface area (Å²) < 4.78 is 40.1. The van der Waals surface area contributed by atoms with Gasteiger partial charge in [0.2, 0.25) is 0 Å². The molecule has 178 valence electrons. The maximum absolute atomic E-state index is 12.8. The first-order chi connectivity index (χ1) is 16.7. The van der Waals surface area contributed by atoms with Crippen LogP contribution >= 0.6 is 35.4 Å². The highest BCUT2D eigenvalue weighted by Gasteiger charge is 2.30. The van der Waals surface area contributed by atoms with Gasteiger partial charge in [-0.25, -0.2) is 4.98 Å². The van der Waals surface area contributed by atoms with Gasteiger partial charge in [-0.2, -0.15) is 18.3 Å². The van der Waals surface area contributed by atoms with E-state index in [1.807, 2.05) is 24.3 Å². The smallest absolute Gasteiger partial charge is 0.329 e. The van der Waals surface area contributed by atoms with Crippen molar-refractivity contribution in [1.29, 1.82) is 0 Å². The van der Waals surface area contributed by atoms with Gasteiger partial charge in [-0.3, -0.25) is 5.43 Å². The van der Waals surface area contributed by atoms with Crippen molar-refractivity contribution >= 4 is 52.4 Å². The van der Waals surface area contributed by atoms with Gasteiger partial charge in [0, 0.05) is 17.4 Å². The molecule has 35 heavy (non-hydrogen) atoms. The Labute approximate surface area is 214 Å². The molecule has 3 aromatic carbocycles. The van der Waals surface area contributed by atoms with Gasteiger partial charge in [-0.1, -0.05) is 53.5 Å². The van der Waals surface area contributed by atoms with E-state index in [0.29, 0.717) is 27.0 Å². The van der Waals surface area contributed by atoms with Crippen molar-refractivity contribution < 1.29 is 13.2 Å². The Morgan fingerprint density at radius 3 is 2.26 bits per heavy atom. The maximum atomic E-state index is 12.8. The number of hydrogen-bond acceptors (Lipinski definition) is 3. The van der Waals surface area contributed by atoms with Crippen molar-refractivity contribution in [2.45, 2.75) is 6.18 Å². The summed E-state index contributed by atoms with van der Waals surface area (Å²) in [6, 6.07) is 17.4. The van der Waals surface area contributed by atoms with E-state index in [1.54, 1.807) is 41.5 Å². The van der Waals surface area contributed by atoms with Gasteiger partial charge < -0.3 is 9.88 Å². The molecule has 0 unspecified atom stereocenters. The molecule has 5 nitrogen and oxygen atoms in total. The molecule has 0 bridgehead atoms. The topological polar surface area (TPSA) is 54.2 Å². The summed E-state index contributed by atoms with van der Waals surface area (Å²) in [4.78, 5) is 4.30. The van der Waals surface area contributed by atoms with E-state index in [-0.39, 0.29) is 5.11 Å². The van der Waals surface area contributed by atoms with Gasteiger partial charge in [0.1, 0.15) is 0 Å². The molecule has 4 rings (SSSR count). The average Bonchev–Trinajstić information content (AvgIpc) is 3.32. The maximum Gasteiger partial charge on any atom is 0.416 e. The lowest BCUT2D eigenvalue weighted by Gasteiger charge is -2.10. The van der Waals surface area contributed by atoms with Gasteiger partial charge in [0.05, 0.1) is 39.5 Å². The van der Waals surface area contributed by atoms with Crippen LogP contribution in [0.25, 0.3) is 16.9 Å². The molecule has 0 aliphatic rings. The molecule has 2 N–H and O–H groups in total. The molecule has 0 atom stereocenters. The van der Waals surface area contributed by atoms with Crippen LogP contribution in [0.4, 0.5) is 18.9 Å². The van der Waals surface area contributed by atoms with Gasteiger partial charge in [-0.15, -0.1) is 0 Å². The lowest BCUT2D eigenvalue weighted by molar-refractivity contribution is -0.137. The Kier molecular flexibility index (Phi) is 7.39. The summed E-state index contributed by atoms with van der Waals surface area (Å²) in [5.41, 5.74) is 5.28. The first-order valence-electron chi connectivity index (χ1n) is 10.1. The minimum Gasteiger partial charge on any atom is -0.329 e. The highest BCUT2D eigenvalue weighted by atomic mass is 35.5. The van der Waals surface area contributed by atoms with Crippen LogP contribution in [0, 0.1) is 0 Å². The number of benzene rings is 3. The van der Waals surface area contributed by atoms with Crippen molar-refractivity contribution in [3.63, 3.8) is 0 Å². The summed E-state index contributed by atoms with van der Waals surface area (Å²) in [5, 5.41) is 8.09. The molecular formula is C24H16Cl2F3N5S. The summed E-state index contributed by atoms with van der Waals surface area (Å²) in [6.45, 7) is 0. The van der Waals surface area contributed by atoms with E-state index in [0.717, 1.165) is 23.4 Å². The summed E-state index contributed by atoms with van der Waals surface area (Å²) in [7, 11) is 0. The van der Waals surface area contributed by atoms with Crippen LogP contribution in [-0.2, 0) is 6.18 Å². The van der Waals surface area contributed by atoms with Crippen molar-refractivity contribution in [2.75, 3.05) is 5.32 Å². The molecule has 0 aliphatic carbocycles. The number of nitrogens with one attached hydrogen (secondary N) is 2. The van der Waals surface area contributed by atoms with E-state index in [4.69, 9.17) is 35.4 Å². The second kappa shape index (κ2) is 10.5. The van der Waals surface area contributed by atoms with E-state index in [2.05, 4.69) is 20.8 Å². The number of rotatable bonds is 5. The van der Waals surface area contributed by atoms with Crippen molar-refractivity contribution in [3.05, 3.63) is 100 Å². The van der Waals surface area contributed by atoms with E-state index < -0.39 is 11.7 Å². The third-order valence-corrected chi connectivity index (χ3v) is 5.69. The quantitative estimate of drug-likeness (QED) is 0.162. The first kappa shape index (κ1) is 24.7. The van der Waals surface area contributed by atoms with E-state index >= 15 is 0 Å². The van der Waals surface area contributed by atoms with Gasteiger partial charge in [0.25, 0.3) is 0 Å². The van der Waals surface area contributed by atoms with Crippen molar-refractivity contribution in [3.8, 4) is 16.9 Å². The monoisotopic (exact) mass is 533 g/mol. The van der Waals surface area contributed by atoms with Crippen LogP contribution in [0.3, 0.4) is 0 Å². The molecule has 1 heterocycles. The van der Waals surface area contributed by atoms with E-state index in [1.165, 1.54) is 12.1 Å². The second-order valence-electron chi connectivity index (χ2n) is 7.25. The van der Waals surface area contributed by atoms with Crippen LogP contribution in [0.15, 0.2) is 84.4 Å². The molecule has 0 fully saturated rings. The number of hydrogen-bond donors (Lipinski definition) is 2. The zero-order valence-electron chi connectivity index (χ0n) is 17.7. The number of aromatic nitrogens is 2. The van der Waals surface area contributed by atoms with Crippen LogP contribution in [0.5, 0.6) is 0 Å². The van der Waals surface area contributed by atoms with Crippen molar-refractivity contribution in [2.24, 2.45) is 5.10 Å². The standard InChI is InChI=1S/C24H16Cl2F3N5S/c25-19-2-1-3-20(26)22(19)32-23(35)33-31-12-15-4-10-18(11-5-15)34-13-21(30-14-34)16-6-8-17(9-7-16)24(27,28)29/h1-14H,(H2,32,33,35)/b31-12+. The van der Waals surface area contributed by atoms with Crippen molar-refractivity contribution in [1.82, 2.24) is 15.0 Å². The highest BCUT2D eigenvalue weighted by molar-refractivity contribution is 7.80. The molecule has 0 saturated heterocycles. The zero-order chi connectivity index (χ0) is 25.0. The number of nitrogens with zero attached hydrogens (tertiary/aromatic N) is 3. The highest BCUT2D eigenvalue weighted by Crippen LogP contribution is 2.31. The Bertz CT molecular complexity index is 1350. The Morgan fingerprint density at radius 1 is 0.971 bits per heavy atom. The van der Waals surface area contributed by atoms with Gasteiger partial charge in [-0.05, 0) is 54.2 Å². The number of alkyl halides is 3. The number of para-hydroxylation sites is 1. The number of anilines is 1. The molecule has 0 spiro atoms. The lowest BCUT2D eigenvalue weighted by atomic mass is 10.1. The molecule has 0 amide bonds. The molecule has 0 radical (unpaired) electrons. The number of hydrazone groups is 1. The fourth-order valence-corrected chi connectivity index (χ4v) is 3.75. The fourth-order valence-electron chi connectivity index (χ4n) is 3.10. The number of halogens is 5. The Hall–Kier alpha value is -3.40. The van der Waals surface area contributed by atoms with Crippen LogP contribution < -0.4 is 10.7 Å². The molecule has 1 aromatic heterocycles. The third-order valence-electron chi connectivity index (χ3n) is 4.86. The molecule has 11 heteroatoms. The van der Waals surface area contributed by atoms with Gasteiger partial charge >= 0.3 is 6.18 Å². The van der Waals surface area contributed by atoms with Crippen LogP contribution in [-0.4, -0.2) is 20.9 Å². The Morgan fingerprint density at radius 2 is 1.63 bits per heavy atom. The second-order valence-corrected chi connectivity index (χ2v) is 8.48. The SMILES string of the molecule is FC(F)(F)c1ccc(-c2cn(-c3ccc(/C=N/NC(=S)Nc4c(Cl)cccc4Cl)cc3)cn2)cc1. The minimum absolute atomic E-state index is 0.224. The lowest BCUT2D eigenvalue weighted by Crippen LogP contribution is -2.24. The normalized spacial score (nSPS) is 11.6. The van der Waals surface area contributed by atoms with E-state index in [9.17, 15) is 13.2 Å². The summed E-state index contributed by atoms with van der Waals surface area (Å²) >= 11 is 17.4. The minimum atomic E-state index is -4.37. The molecule has 4 aromatic rings. The molecule has 0 aliphatic heterocycles. The summed E-state index contributed by atoms with van der Waals surface area (Å²) in [5.74, 6) is 0. The molecular weight excluding hydrogens is 518 g/mol. The molecule has 0 saturated carbocycles. The number of thiocarbonyl (C=S) groups is 1. The van der Waals surface area contributed by atoms with Crippen LogP contribution in [0.1, 0.15) is 11.1 Å². The summed E-state index contributed by atoms with van der Waals surface area (Å²) in [6.07, 6.45) is 0.565. The van der Waals surface area contributed by atoms with Crippen LogP contribution in [0.2, 0.25) is 10.0 Å². The first-order valence-corrected chi connectivity index (χ1v) is 11.2. The number of imidazole rings is 1. The fraction of sp³-hybridized carbons (Fsp3) is 0.0417. The average molecular weight is 534 g/mol. The van der Waals surface area contributed by atoms with Gasteiger partial charge in [0.15, 0.2) is 5.11 Å². The predicted octanol–water partition coefficient (Wildman–Crippen LogP) is 7.19. The largest absolute Gasteiger partial charge is 0.416 e. The Balaban J connectivity index is 1.37. The predicted molar refractivity (Wildman–Crippen MR) is 137 cm³/mol. The zero-order valence-corrected chi connectivity index (χ0v) is 20.1.